The molecule has 2 heteroatoms. The molecule has 1 nitrogen and oxygen atoms in total. The van der Waals surface area contributed by atoms with E-state index in [1.54, 1.807) is 0 Å². The van der Waals surface area contributed by atoms with Crippen LogP contribution in [0.4, 0.5) is 0 Å². The fourth-order valence-electron chi connectivity index (χ4n) is 1.11. The summed E-state index contributed by atoms with van der Waals surface area (Å²) in [4.78, 5) is 0. The highest BCUT2D eigenvalue weighted by Crippen LogP contribution is 2.09. The Balaban J connectivity index is 2.55. The third-order valence-corrected chi connectivity index (χ3v) is 3.15. The van der Waals surface area contributed by atoms with Gasteiger partial charge >= 0.3 is 0 Å². The quantitative estimate of drug-likeness (QED) is 0.448. The van der Waals surface area contributed by atoms with Crippen molar-refractivity contribution < 1.29 is 4.58 Å². The maximum Gasteiger partial charge on any atom is 0.211 e. The maximum atomic E-state index is 2.45. The average Bonchev–Trinajstić information content (AvgIpc) is 1.99. The minimum absolute atomic E-state index is 1.26. The molecule has 0 radical (unpaired) electrons. The highest BCUT2D eigenvalue weighted by Gasteiger charge is 2.09. The zero-order valence-corrected chi connectivity index (χ0v) is 8.02. The molecule has 0 atom stereocenters. The third kappa shape index (κ3) is 2.24. The van der Waals surface area contributed by atoms with Gasteiger partial charge < -0.3 is 0 Å². The number of rotatable bonds is 0. The molecule has 9 heavy (non-hydrogen) atoms. The number of nitrogens with zero attached hydrogens (tertiary/aromatic N) is 1. The van der Waals surface area contributed by atoms with Crippen molar-refractivity contribution in [2.45, 2.75) is 25.7 Å². The smallest absolute Gasteiger partial charge is 0.211 e. The molecule has 1 heterocycles. The lowest BCUT2D eigenvalue weighted by atomic mass is 10.2. The molecule has 0 bridgehead atoms. The van der Waals surface area contributed by atoms with E-state index in [1.165, 1.54) is 35.9 Å². The largest absolute Gasteiger partial charge is 0.231 e. The molecule has 52 valence electrons. The van der Waals surface area contributed by atoms with Crippen LogP contribution < -0.4 is 0 Å². The Morgan fingerprint density at radius 3 is 2.89 bits per heavy atom. The zero-order valence-electron chi connectivity index (χ0n) is 5.86. The Kier molecular flexibility index (Phi) is 2.95. The molecule has 0 amide bonds. The molecular formula is C7H13IN+. The van der Waals surface area contributed by atoms with E-state index in [1.807, 2.05) is 0 Å². The van der Waals surface area contributed by atoms with Crippen LogP contribution in [-0.4, -0.2) is 21.9 Å². The Morgan fingerprint density at radius 2 is 2.11 bits per heavy atom. The Morgan fingerprint density at radius 1 is 1.33 bits per heavy atom. The van der Waals surface area contributed by atoms with E-state index in [4.69, 9.17) is 0 Å². The maximum absolute atomic E-state index is 2.45. The van der Waals surface area contributed by atoms with Crippen molar-refractivity contribution in [2.24, 2.45) is 0 Å². The SMILES string of the molecule is C[N+]1=C(I)CCCCC1. The summed E-state index contributed by atoms with van der Waals surface area (Å²) in [6.07, 6.45) is 5.49. The van der Waals surface area contributed by atoms with Crippen molar-refractivity contribution >= 4 is 26.3 Å². The minimum atomic E-state index is 1.26. The lowest BCUT2D eigenvalue weighted by Crippen LogP contribution is -2.10. The summed E-state index contributed by atoms with van der Waals surface area (Å²) in [6.45, 7) is 1.26. The normalized spacial score (nSPS) is 22.0. The summed E-state index contributed by atoms with van der Waals surface area (Å²) in [5.74, 6) is 0. The van der Waals surface area contributed by atoms with E-state index < -0.39 is 0 Å². The van der Waals surface area contributed by atoms with E-state index in [0.29, 0.717) is 0 Å². The first-order valence-electron chi connectivity index (χ1n) is 3.53. The predicted octanol–water partition coefficient (Wildman–Crippen LogP) is 2.04. The Hall–Kier alpha value is 0.400. The van der Waals surface area contributed by atoms with E-state index in [2.05, 4.69) is 34.2 Å². The molecule has 0 aromatic carbocycles. The summed E-state index contributed by atoms with van der Waals surface area (Å²) < 4.78 is 3.90. The number of hydrogen-bond acceptors (Lipinski definition) is 0. The topological polar surface area (TPSA) is 3.01 Å². The Bertz CT molecular complexity index is 115. The fraction of sp³-hybridized carbons (Fsp3) is 0.857. The van der Waals surface area contributed by atoms with Gasteiger partial charge in [-0.15, -0.1) is 0 Å². The van der Waals surface area contributed by atoms with Crippen LogP contribution in [0.1, 0.15) is 25.7 Å². The van der Waals surface area contributed by atoms with Crippen LogP contribution in [0.3, 0.4) is 0 Å². The van der Waals surface area contributed by atoms with Gasteiger partial charge in [-0.05, 0) is 12.8 Å². The lowest BCUT2D eigenvalue weighted by Gasteiger charge is -1.92. The summed E-state index contributed by atoms with van der Waals surface area (Å²) in [5, 5.41) is 0. The summed E-state index contributed by atoms with van der Waals surface area (Å²) in [6, 6.07) is 0. The molecule has 0 fully saturated rings. The average molecular weight is 238 g/mol. The van der Waals surface area contributed by atoms with Crippen molar-refractivity contribution in [1.82, 2.24) is 0 Å². The first-order chi connectivity index (χ1) is 4.30. The van der Waals surface area contributed by atoms with E-state index in [0.717, 1.165) is 0 Å². The molecule has 0 aromatic rings. The Labute approximate surface area is 70.3 Å². The van der Waals surface area contributed by atoms with Gasteiger partial charge in [0, 0.05) is 35.4 Å². The van der Waals surface area contributed by atoms with Crippen LogP contribution in [0.2, 0.25) is 0 Å². The van der Waals surface area contributed by atoms with Crippen molar-refractivity contribution in [2.75, 3.05) is 13.6 Å². The number of halogens is 1. The van der Waals surface area contributed by atoms with Crippen LogP contribution in [0.25, 0.3) is 0 Å². The molecule has 0 N–H and O–H groups in total. The van der Waals surface area contributed by atoms with Gasteiger partial charge in [0.15, 0.2) is 0 Å². The molecule has 1 aliphatic heterocycles. The monoisotopic (exact) mass is 238 g/mol. The van der Waals surface area contributed by atoms with Gasteiger partial charge in [0.2, 0.25) is 3.72 Å². The zero-order chi connectivity index (χ0) is 6.69. The minimum Gasteiger partial charge on any atom is -0.231 e. The van der Waals surface area contributed by atoms with E-state index in [-0.39, 0.29) is 0 Å². The molecule has 0 saturated carbocycles. The molecule has 1 aliphatic rings. The lowest BCUT2D eigenvalue weighted by molar-refractivity contribution is -0.493. The van der Waals surface area contributed by atoms with Gasteiger partial charge in [0.05, 0.1) is 0 Å². The van der Waals surface area contributed by atoms with Crippen LogP contribution in [-0.2, 0) is 0 Å². The predicted molar refractivity (Wildman–Crippen MR) is 48.5 cm³/mol. The van der Waals surface area contributed by atoms with Gasteiger partial charge in [0.25, 0.3) is 0 Å². The molecule has 0 spiro atoms. The van der Waals surface area contributed by atoms with Crippen LogP contribution in [0, 0.1) is 0 Å². The molecule has 0 aliphatic carbocycles. The van der Waals surface area contributed by atoms with E-state index >= 15 is 0 Å². The van der Waals surface area contributed by atoms with Gasteiger partial charge in [-0.1, -0.05) is 0 Å². The third-order valence-electron chi connectivity index (χ3n) is 1.79. The fourth-order valence-corrected chi connectivity index (χ4v) is 1.73. The van der Waals surface area contributed by atoms with Crippen LogP contribution in [0.5, 0.6) is 0 Å². The first-order valence-corrected chi connectivity index (χ1v) is 4.61. The van der Waals surface area contributed by atoms with Crippen LogP contribution >= 0.6 is 22.6 Å². The van der Waals surface area contributed by atoms with Crippen molar-refractivity contribution in [1.29, 1.82) is 0 Å². The van der Waals surface area contributed by atoms with Crippen LogP contribution in [0.15, 0.2) is 0 Å². The highest BCUT2D eigenvalue weighted by atomic mass is 127. The molecule has 0 aromatic heterocycles. The van der Waals surface area contributed by atoms with Gasteiger partial charge in [-0.25, -0.2) is 4.58 Å². The first kappa shape index (κ1) is 7.51. The summed E-state index contributed by atoms with van der Waals surface area (Å²) in [5.41, 5.74) is 0. The van der Waals surface area contributed by atoms with E-state index in [9.17, 15) is 0 Å². The van der Waals surface area contributed by atoms with Gasteiger partial charge in [-0.2, -0.15) is 0 Å². The second-order valence-electron chi connectivity index (χ2n) is 2.61. The second kappa shape index (κ2) is 3.54. The molecule has 0 unspecified atom stereocenters. The van der Waals surface area contributed by atoms with Crippen molar-refractivity contribution in [3.8, 4) is 0 Å². The number of hydrogen-bond donors (Lipinski definition) is 0. The highest BCUT2D eigenvalue weighted by molar-refractivity contribution is 14.1. The summed E-state index contributed by atoms with van der Waals surface area (Å²) >= 11 is 2.45. The molecule has 0 saturated heterocycles. The van der Waals surface area contributed by atoms with Crippen molar-refractivity contribution in [3.05, 3.63) is 0 Å². The summed E-state index contributed by atoms with van der Waals surface area (Å²) in [7, 11) is 2.19. The van der Waals surface area contributed by atoms with Gasteiger partial charge in [0.1, 0.15) is 13.6 Å². The van der Waals surface area contributed by atoms with Gasteiger partial charge in [-0.3, -0.25) is 0 Å². The standard InChI is InChI=1S/C7H13IN/c1-9-6-4-2-3-5-7(9)8/h2-6H2,1H3/q+1. The van der Waals surface area contributed by atoms with Crippen molar-refractivity contribution in [3.63, 3.8) is 0 Å². The molecular weight excluding hydrogens is 225 g/mol. The molecule has 1 rings (SSSR count). The second-order valence-corrected chi connectivity index (χ2v) is 3.85.